The minimum absolute atomic E-state index is 0. The summed E-state index contributed by atoms with van der Waals surface area (Å²) in [6.45, 7) is 0.251. The molecule has 2 rings (SSSR count). The van der Waals surface area contributed by atoms with E-state index in [2.05, 4.69) is 0 Å². The molecule has 0 radical (unpaired) electrons. The number of hydrogen-bond donors (Lipinski definition) is 1. The predicted molar refractivity (Wildman–Crippen MR) is 64.8 cm³/mol. The van der Waals surface area contributed by atoms with E-state index in [9.17, 15) is 4.79 Å². The van der Waals surface area contributed by atoms with Gasteiger partial charge in [0.1, 0.15) is 12.4 Å². The number of benzene rings is 2. The van der Waals surface area contributed by atoms with E-state index in [1.165, 1.54) is 24.3 Å². The molecular formula is C14H13NaO3. The van der Waals surface area contributed by atoms with Crippen LogP contribution in [0.15, 0.2) is 54.6 Å². The Kier molecular flexibility index (Phi) is 5.92. The maximum Gasteiger partial charge on any atom is 1.00 e. The first-order valence-corrected chi connectivity index (χ1v) is 5.26. The van der Waals surface area contributed by atoms with Gasteiger partial charge >= 0.3 is 35.5 Å². The van der Waals surface area contributed by atoms with Crippen LogP contribution in [0.1, 0.15) is 17.3 Å². The monoisotopic (exact) mass is 252 g/mol. The Balaban J connectivity index is 0.00000162. The van der Waals surface area contributed by atoms with E-state index < -0.39 is 5.97 Å². The third-order valence-corrected chi connectivity index (χ3v) is 2.32. The van der Waals surface area contributed by atoms with Gasteiger partial charge in [-0.15, -0.1) is 0 Å². The first kappa shape index (κ1) is 14.8. The summed E-state index contributed by atoms with van der Waals surface area (Å²) in [5, 5.41) is 9.09. The normalized spacial score (nSPS) is 9.33. The molecular weight excluding hydrogens is 239 g/mol. The van der Waals surface area contributed by atoms with Gasteiger partial charge < -0.3 is 11.3 Å². The van der Waals surface area contributed by atoms with Gasteiger partial charge in [-0.25, -0.2) is 4.79 Å². The van der Waals surface area contributed by atoms with Gasteiger partial charge in [-0.3, -0.25) is 0 Å². The molecule has 0 bridgehead atoms. The third kappa shape index (κ3) is 4.18. The summed E-state index contributed by atoms with van der Waals surface area (Å²) >= 11 is 0. The topological polar surface area (TPSA) is 46.5 Å². The maximum atomic E-state index is 11.6. The largest absolute Gasteiger partial charge is 1.00 e. The molecule has 4 heteroatoms. The molecule has 1 N–H and O–H groups in total. The molecule has 0 spiro atoms. The summed E-state index contributed by atoms with van der Waals surface area (Å²) in [5.41, 5.74) is 1.37. The molecule has 0 atom stereocenters. The maximum absolute atomic E-state index is 11.6. The predicted octanol–water partition coefficient (Wildman–Crippen LogP) is -0.134. The molecule has 0 aliphatic rings. The average Bonchev–Trinajstić information content (AvgIpc) is 2.38. The molecule has 0 aliphatic heterocycles. The van der Waals surface area contributed by atoms with Crippen molar-refractivity contribution in [2.45, 2.75) is 6.61 Å². The molecule has 2 aromatic carbocycles. The van der Waals surface area contributed by atoms with E-state index in [1.807, 2.05) is 30.3 Å². The van der Waals surface area contributed by atoms with Gasteiger partial charge in [0.2, 0.25) is 0 Å². The molecule has 0 aromatic heterocycles. The summed E-state index contributed by atoms with van der Waals surface area (Å²) in [5.74, 6) is -0.265. The fourth-order valence-corrected chi connectivity index (χ4v) is 1.40. The zero-order valence-electron chi connectivity index (χ0n) is 11.2. The smallest absolute Gasteiger partial charge is 1.00 e. The van der Waals surface area contributed by atoms with Crippen LogP contribution in [0.25, 0.3) is 0 Å². The molecule has 18 heavy (non-hydrogen) atoms. The number of phenols is 1. The first-order valence-electron chi connectivity index (χ1n) is 5.26. The molecule has 0 amide bonds. The first-order chi connectivity index (χ1) is 8.25. The van der Waals surface area contributed by atoms with Crippen molar-refractivity contribution in [3.05, 3.63) is 65.7 Å². The van der Waals surface area contributed by atoms with E-state index in [4.69, 9.17) is 9.84 Å². The van der Waals surface area contributed by atoms with Crippen LogP contribution in [0.5, 0.6) is 5.75 Å². The number of ether oxygens (including phenoxy) is 1. The Morgan fingerprint density at radius 1 is 1.06 bits per heavy atom. The van der Waals surface area contributed by atoms with Crippen molar-refractivity contribution in [2.24, 2.45) is 0 Å². The number of esters is 1. The number of aromatic hydroxyl groups is 1. The number of carbonyl (C=O) groups excluding carboxylic acids is 1. The van der Waals surface area contributed by atoms with Crippen LogP contribution in [-0.2, 0) is 11.3 Å². The third-order valence-electron chi connectivity index (χ3n) is 2.32. The van der Waals surface area contributed by atoms with Crippen LogP contribution in [-0.4, -0.2) is 11.1 Å². The van der Waals surface area contributed by atoms with Crippen LogP contribution in [0.2, 0.25) is 0 Å². The van der Waals surface area contributed by atoms with Gasteiger partial charge in [0.05, 0.1) is 5.56 Å². The minimum Gasteiger partial charge on any atom is -1.00 e. The molecule has 88 valence electrons. The molecule has 0 unspecified atom stereocenters. The Morgan fingerprint density at radius 2 is 1.67 bits per heavy atom. The van der Waals surface area contributed by atoms with Gasteiger partial charge in [0, 0.05) is 0 Å². The van der Waals surface area contributed by atoms with Gasteiger partial charge in [-0.2, -0.15) is 0 Å². The van der Waals surface area contributed by atoms with Crippen molar-refractivity contribution in [1.82, 2.24) is 0 Å². The van der Waals surface area contributed by atoms with Crippen molar-refractivity contribution >= 4 is 5.97 Å². The molecule has 2 aromatic rings. The van der Waals surface area contributed by atoms with Crippen molar-refractivity contribution in [2.75, 3.05) is 0 Å². The summed E-state index contributed by atoms with van der Waals surface area (Å²) in [6.07, 6.45) is 0. The van der Waals surface area contributed by atoms with Crippen LogP contribution in [0, 0.1) is 0 Å². The standard InChI is InChI=1S/C14H12O3.Na.H/c15-13-8-6-12(7-9-13)14(16)17-10-11-4-2-1-3-5-11;;/h1-9,15H,10H2;;/q;+1;-1. The minimum atomic E-state index is -0.395. The second-order valence-electron chi connectivity index (χ2n) is 3.61. The van der Waals surface area contributed by atoms with Crippen molar-refractivity contribution in [3.63, 3.8) is 0 Å². The van der Waals surface area contributed by atoms with Gasteiger partial charge in [-0.1, -0.05) is 30.3 Å². The summed E-state index contributed by atoms with van der Waals surface area (Å²) in [4.78, 5) is 11.6. The van der Waals surface area contributed by atoms with Gasteiger partial charge in [0.25, 0.3) is 0 Å². The quantitative estimate of drug-likeness (QED) is 0.611. The van der Waals surface area contributed by atoms with Crippen molar-refractivity contribution in [3.8, 4) is 5.75 Å². The van der Waals surface area contributed by atoms with Crippen LogP contribution < -0.4 is 29.6 Å². The number of carbonyl (C=O) groups is 1. The SMILES string of the molecule is O=C(OCc1ccccc1)c1ccc(O)cc1.[H-].[Na+]. The zero-order valence-corrected chi connectivity index (χ0v) is 12.2. The second-order valence-corrected chi connectivity index (χ2v) is 3.61. The Hall–Kier alpha value is -1.29. The summed E-state index contributed by atoms with van der Waals surface area (Å²) in [7, 11) is 0. The Bertz CT molecular complexity index is 500. The average molecular weight is 252 g/mol. The molecule has 0 heterocycles. The van der Waals surface area contributed by atoms with Crippen LogP contribution in [0.4, 0.5) is 0 Å². The Labute approximate surface area is 129 Å². The van der Waals surface area contributed by atoms with E-state index in [-0.39, 0.29) is 43.3 Å². The van der Waals surface area contributed by atoms with Crippen LogP contribution >= 0.6 is 0 Å². The Morgan fingerprint density at radius 3 is 2.28 bits per heavy atom. The fraction of sp³-hybridized carbons (Fsp3) is 0.0714. The van der Waals surface area contributed by atoms with Crippen molar-refractivity contribution < 1.29 is 45.6 Å². The van der Waals surface area contributed by atoms with E-state index in [0.717, 1.165) is 5.56 Å². The number of hydrogen-bond acceptors (Lipinski definition) is 3. The number of phenolic OH excluding ortho intramolecular Hbond substituents is 1. The molecule has 0 fully saturated rings. The summed E-state index contributed by atoms with van der Waals surface area (Å²) < 4.78 is 5.13. The molecule has 0 saturated carbocycles. The van der Waals surface area contributed by atoms with Gasteiger partial charge in [-0.05, 0) is 29.8 Å². The van der Waals surface area contributed by atoms with Gasteiger partial charge in [0.15, 0.2) is 0 Å². The van der Waals surface area contributed by atoms with E-state index >= 15 is 0 Å². The summed E-state index contributed by atoms with van der Waals surface area (Å²) in [6, 6.07) is 15.5. The molecule has 0 saturated heterocycles. The van der Waals surface area contributed by atoms with E-state index in [0.29, 0.717) is 5.56 Å². The van der Waals surface area contributed by atoms with Crippen LogP contribution in [0.3, 0.4) is 0 Å². The fourth-order valence-electron chi connectivity index (χ4n) is 1.40. The van der Waals surface area contributed by atoms with Crippen molar-refractivity contribution in [1.29, 1.82) is 0 Å². The van der Waals surface area contributed by atoms with E-state index in [1.54, 1.807) is 0 Å². The molecule has 0 aliphatic carbocycles. The molecule has 3 nitrogen and oxygen atoms in total. The zero-order chi connectivity index (χ0) is 12.1. The second kappa shape index (κ2) is 7.21. The number of rotatable bonds is 3.